The topological polar surface area (TPSA) is 126 Å². The summed E-state index contributed by atoms with van der Waals surface area (Å²) in [6.07, 6.45) is 2.09. The van der Waals surface area contributed by atoms with Crippen LogP contribution in [0.4, 0.5) is 21.0 Å². The molecule has 0 aliphatic heterocycles. The number of hydrogen-bond acceptors (Lipinski definition) is 7. The number of phenolic OH excluding ortho intramolecular Hbond substituents is 2. The van der Waals surface area contributed by atoms with Crippen LogP contribution in [0.2, 0.25) is 0 Å². The van der Waals surface area contributed by atoms with E-state index in [1.54, 1.807) is 84.9 Å². The number of unbranched alkanes of at least 4 members (excludes halogenated alkanes) is 2. The Morgan fingerprint density at radius 3 is 1.37 bits per heavy atom. The van der Waals surface area contributed by atoms with Crippen molar-refractivity contribution in [2.75, 3.05) is 23.8 Å². The van der Waals surface area contributed by atoms with Crippen LogP contribution < -0.4 is 15.4 Å². The van der Waals surface area contributed by atoms with Gasteiger partial charge < -0.3 is 24.4 Å². The summed E-state index contributed by atoms with van der Waals surface area (Å²) in [4.78, 5) is 25.2. The van der Waals surface area contributed by atoms with Gasteiger partial charge in [-0.3, -0.25) is 10.6 Å². The van der Waals surface area contributed by atoms with Crippen LogP contribution in [-0.4, -0.2) is 35.6 Å². The summed E-state index contributed by atoms with van der Waals surface area (Å²) in [7, 11) is 0. The summed E-state index contributed by atoms with van der Waals surface area (Å²) in [6, 6.07) is 23.5. The lowest BCUT2D eigenvalue weighted by Gasteiger charge is -2.20. The molecule has 2 amide bonds. The summed E-state index contributed by atoms with van der Waals surface area (Å²) >= 11 is 0. The van der Waals surface area contributed by atoms with Crippen LogP contribution in [0.5, 0.6) is 23.0 Å². The summed E-state index contributed by atoms with van der Waals surface area (Å²) in [5.41, 5.74) is 3.37. The van der Waals surface area contributed by atoms with Crippen LogP contribution in [0, 0.1) is 0 Å². The number of carbonyl (C=O) groups excluding carboxylic acids is 2. The fourth-order valence-electron chi connectivity index (χ4n) is 4.32. The van der Waals surface area contributed by atoms with Crippen LogP contribution in [0.3, 0.4) is 0 Å². The highest BCUT2D eigenvalue weighted by molar-refractivity contribution is 5.96. The Hall–Kier alpha value is -5.18. The number of anilines is 2. The summed E-state index contributed by atoms with van der Waals surface area (Å²) in [6.45, 7) is 4.61. The summed E-state index contributed by atoms with van der Waals surface area (Å²) in [5.74, 6) is 0.990. The monoisotopic (exact) mass is 584 g/mol. The summed E-state index contributed by atoms with van der Waals surface area (Å²) in [5, 5.41) is 25.5. The van der Waals surface area contributed by atoms with E-state index in [4.69, 9.17) is 14.2 Å². The fraction of sp³-hybridized carbons (Fsp3) is 0.235. The molecule has 4 N–H and O–H groups in total. The van der Waals surface area contributed by atoms with E-state index < -0.39 is 12.2 Å². The quantitative estimate of drug-likeness (QED) is 0.122. The number of rotatable bonds is 12. The highest BCUT2D eigenvalue weighted by atomic mass is 16.6. The molecule has 0 atom stereocenters. The first-order valence-corrected chi connectivity index (χ1v) is 14.3. The fourth-order valence-corrected chi connectivity index (χ4v) is 4.32. The Balaban J connectivity index is 1.77. The van der Waals surface area contributed by atoms with E-state index in [2.05, 4.69) is 10.6 Å². The third-order valence-electron chi connectivity index (χ3n) is 6.52. The first-order chi connectivity index (χ1) is 20.9. The van der Waals surface area contributed by atoms with Crippen LogP contribution in [0.1, 0.15) is 39.5 Å². The average molecular weight is 585 g/mol. The number of phenols is 2. The Morgan fingerprint density at radius 1 is 0.605 bits per heavy atom. The largest absolute Gasteiger partial charge is 0.508 e. The van der Waals surface area contributed by atoms with Crippen LogP contribution in [0.15, 0.2) is 84.9 Å². The molecule has 0 unspecified atom stereocenters. The number of amides is 2. The molecule has 224 valence electrons. The minimum absolute atomic E-state index is 0.0925. The van der Waals surface area contributed by atoms with E-state index in [9.17, 15) is 19.8 Å². The maximum atomic E-state index is 12.6. The molecular weight excluding hydrogens is 548 g/mol. The molecule has 43 heavy (non-hydrogen) atoms. The van der Waals surface area contributed by atoms with Gasteiger partial charge >= 0.3 is 12.2 Å². The van der Waals surface area contributed by atoms with Crippen molar-refractivity contribution < 1.29 is 34.0 Å². The molecule has 0 saturated carbocycles. The highest BCUT2D eigenvalue weighted by Gasteiger charge is 2.20. The predicted molar refractivity (Wildman–Crippen MR) is 167 cm³/mol. The Labute approximate surface area is 251 Å². The molecule has 0 heterocycles. The van der Waals surface area contributed by atoms with Crippen LogP contribution in [-0.2, 0) is 9.47 Å². The molecule has 0 aromatic heterocycles. The number of carbonyl (C=O) groups is 2. The maximum Gasteiger partial charge on any atom is 0.411 e. The molecule has 0 bridgehead atoms. The molecule has 0 spiro atoms. The van der Waals surface area contributed by atoms with E-state index in [0.717, 1.165) is 25.7 Å². The van der Waals surface area contributed by atoms with E-state index >= 15 is 0 Å². The Kier molecular flexibility index (Phi) is 10.9. The van der Waals surface area contributed by atoms with Crippen molar-refractivity contribution in [1.82, 2.24) is 0 Å². The average Bonchev–Trinajstić information content (AvgIpc) is 2.99. The molecule has 0 saturated heterocycles. The van der Waals surface area contributed by atoms with Gasteiger partial charge in [-0.1, -0.05) is 63.1 Å². The number of nitrogens with one attached hydrogen (secondary N) is 2. The molecule has 4 aromatic rings. The standard InChI is InChI=1S/C34H36N2O7/c1-3-5-21-41-33(39)35-27-9-7-11-29(31(27)23-13-17-25(37)18-14-23)43-30-12-8-10-28(36-34(40)42-22-6-4-2)32(30)24-15-19-26(38)20-16-24/h7-20,37-38H,3-6,21-22H2,1-2H3,(H,35,39)(H,36,40). The Morgan fingerprint density at radius 2 is 1.00 bits per heavy atom. The van der Waals surface area contributed by atoms with Gasteiger partial charge in [-0.2, -0.15) is 0 Å². The lowest BCUT2D eigenvalue weighted by molar-refractivity contribution is 0.159. The number of aromatic hydroxyl groups is 2. The van der Waals surface area contributed by atoms with Gasteiger partial charge in [0.2, 0.25) is 0 Å². The molecule has 0 fully saturated rings. The molecule has 9 nitrogen and oxygen atoms in total. The first-order valence-electron chi connectivity index (χ1n) is 14.3. The molecular formula is C34H36N2O7. The third-order valence-corrected chi connectivity index (χ3v) is 6.52. The highest BCUT2D eigenvalue weighted by Crippen LogP contribution is 2.44. The molecule has 9 heteroatoms. The second-order valence-electron chi connectivity index (χ2n) is 9.78. The zero-order valence-corrected chi connectivity index (χ0v) is 24.3. The first kappa shape index (κ1) is 30.8. The molecule has 0 aliphatic carbocycles. The number of hydrogen-bond donors (Lipinski definition) is 4. The molecule has 4 aromatic carbocycles. The minimum atomic E-state index is -0.594. The van der Waals surface area contributed by atoms with Crippen molar-refractivity contribution in [3.63, 3.8) is 0 Å². The number of benzene rings is 4. The lowest BCUT2D eigenvalue weighted by atomic mass is 10.0. The predicted octanol–water partition coefficient (Wildman–Crippen LogP) is 8.92. The Bertz CT molecular complexity index is 1400. The lowest BCUT2D eigenvalue weighted by Crippen LogP contribution is -2.15. The second kappa shape index (κ2) is 15.2. The van der Waals surface area contributed by atoms with E-state index in [1.807, 2.05) is 13.8 Å². The zero-order chi connectivity index (χ0) is 30.6. The van der Waals surface area contributed by atoms with E-state index in [-0.39, 0.29) is 11.5 Å². The minimum Gasteiger partial charge on any atom is -0.508 e. The van der Waals surface area contributed by atoms with Crippen molar-refractivity contribution in [2.24, 2.45) is 0 Å². The molecule has 4 rings (SSSR count). The van der Waals surface area contributed by atoms with Crippen molar-refractivity contribution in [1.29, 1.82) is 0 Å². The SMILES string of the molecule is CCCCOC(=O)Nc1cccc(Oc2cccc(NC(=O)OCCCC)c2-c2ccc(O)cc2)c1-c1ccc(O)cc1. The van der Waals surface area contributed by atoms with Gasteiger partial charge in [-0.25, -0.2) is 9.59 Å². The molecule has 0 aliphatic rings. The van der Waals surface area contributed by atoms with Crippen LogP contribution in [0.25, 0.3) is 22.3 Å². The summed E-state index contributed by atoms with van der Waals surface area (Å²) < 4.78 is 17.2. The molecule has 0 radical (unpaired) electrons. The maximum absolute atomic E-state index is 12.6. The van der Waals surface area contributed by atoms with Crippen molar-refractivity contribution >= 4 is 23.6 Å². The van der Waals surface area contributed by atoms with Gasteiger partial charge in [-0.05, 0) is 72.5 Å². The van der Waals surface area contributed by atoms with Gasteiger partial charge in [0.05, 0.1) is 24.6 Å². The van der Waals surface area contributed by atoms with Crippen molar-refractivity contribution in [3.05, 3.63) is 84.9 Å². The van der Waals surface area contributed by atoms with Crippen molar-refractivity contribution in [3.8, 4) is 45.3 Å². The third kappa shape index (κ3) is 8.42. The van der Waals surface area contributed by atoms with E-state index in [1.165, 1.54) is 0 Å². The normalized spacial score (nSPS) is 10.6. The van der Waals surface area contributed by atoms with Gasteiger partial charge in [-0.15, -0.1) is 0 Å². The van der Waals surface area contributed by atoms with Gasteiger partial charge in [0, 0.05) is 11.1 Å². The van der Waals surface area contributed by atoms with Gasteiger partial charge in [0.15, 0.2) is 0 Å². The van der Waals surface area contributed by atoms with E-state index in [0.29, 0.717) is 58.3 Å². The van der Waals surface area contributed by atoms with Crippen LogP contribution >= 0.6 is 0 Å². The van der Waals surface area contributed by atoms with Crippen molar-refractivity contribution in [2.45, 2.75) is 39.5 Å². The smallest absolute Gasteiger partial charge is 0.411 e. The van der Waals surface area contributed by atoms with Gasteiger partial charge in [0.25, 0.3) is 0 Å². The second-order valence-corrected chi connectivity index (χ2v) is 9.78. The van der Waals surface area contributed by atoms with Gasteiger partial charge in [0.1, 0.15) is 23.0 Å². The zero-order valence-electron chi connectivity index (χ0n) is 24.3. The number of ether oxygens (including phenoxy) is 3.